The van der Waals surface area contributed by atoms with Crippen molar-refractivity contribution in [1.29, 1.82) is 0 Å². The molecule has 0 unspecified atom stereocenters. The van der Waals surface area contributed by atoms with Gasteiger partial charge >= 0.3 is 6.09 Å². The lowest BCUT2D eigenvalue weighted by atomic mass is 10.1. The second-order valence-electron chi connectivity index (χ2n) is 6.11. The maximum absolute atomic E-state index is 11.8. The number of rotatable bonds is 2. The van der Waals surface area contributed by atoms with Gasteiger partial charge in [-0.2, -0.15) is 0 Å². The van der Waals surface area contributed by atoms with Crippen LogP contribution in [0.25, 0.3) is 0 Å². The van der Waals surface area contributed by atoms with Crippen LogP contribution in [0.3, 0.4) is 0 Å². The standard InChI is InChI=1S/C14H21ClN4O2/c1-14(2,3)21-13(20)17-10-5-4-8-19(9-10)12-16-7-6-11(15)18-12/h6-7,10H,4-5,8-9H2,1-3H3,(H,17,20)/t10-/m0/s1. The van der Waals surface area contributed by atoms with Crippen LogP contribution >= 0.6 is 11.6 Å². The van der Waals surface area contributed by atoms with Crippen molar-refractivity contribution >= 4 is 23.6 Å². The normalized spacial score (nSPS) is 19.2. The third kappa shape index (κ3) is 5.04. The fourth-order valence-corrected chi connectivity index (χ4v) is 2.36. The van der Waals surface area contributed by atoms with Crippen molar-refractivity contribution in [3.05, 3.63) is 17.4 Å². The van der Waals surface area contributed by atoms with Crippen LogP contribution in [0.1, 0.15) is 33.6 Å². The zero-order valence-electron chi connectivity index (χ0n) is 12.6. The minimum Gasteiger partial charge on any atom is -0.444 e. The van der Waals surface area contributed by atoms with Crippen LogP contribution < -0.4 is 10.2 Å². The SMILES string of the molecule is CC(C)(C)OC(=O)N[C@H]1CCCN(c2nccc(Cl)n2)C1. The lowest BCUT2D eigenvalue weighted by Crippen LogP contribution is -2.49. The maximum atomic E-state index is 11.8. The molecule has 21 heavy (non-hydrogen) atoms. The molecule has 1 amide bonds. The number of hydrogen-bond donors (Lipinski definition) is 1. The van der Waals surface area contributed by atoms with E-state index in [0.29, 0.717) is 17.6 Å². The quantitative estimate of drug-likeness (QED) is 0.850. The Morgan fingerprint density at radius 2 is 2.29 bits per heavy atom. The summed E-state index contributed by atoms with van der Waals surface area (Å²) in [5, 5.41) is 3.32. The van der Waals surface area contributed by atoms with Gasteiger partial charge in [0.1, 0.15) is 10.8 Å². The molecule has 1 aliphatic heterocycles. The molecule has 6 nitrogen and oxygen atoms in total. The van der Waals surface area contributed by atoms with Gasteiger partial charge in [-0.1, -0.05) is 11.6 Å². The molecule has 116 valence electrons. The van der Waals surface area contributed by atoms with E-state index in [0.717, 1.165) is 19.4 Å². The van der Waals surface area contributed by atoms with E-state index >= 15 is 0 Å². The Morgan fingerprint density at radius 3 is 2.95 bits per heavy atom. The molecule has 1 aromatic heterocycles. The number of amides is 1. The Kier molecular flexibility index (Phi) is 4.88. The number of anilines is 1. The lowest BCUT2D eigenvalue weighted by Gasteiger charge is -2.33. The molecule has 2 rings (SSSR count). The number of piperidine rings is 1. The van der Waals surface area contributed by atoms with Gasteiger partial charge in [0.05, 0.1) is 0 Å². The molecule has 0 aromatic carbocycles. The van der Waals surface area contributed by atoms with Crippen LogP contribution in [0.4, 0.5) is 10.7 Å². The Balaban J connectivity index is 1.93. The van der Waals surface area contributed by atoms with Crippen molar-refractivity contribution in [2.45, 2.75) is 45.3 Å². The highest BCUT2D eigenvalue weighted by atomic mass is 35.5. The molecule has 1 N–H and O–H groups in total. The number of aromatic nitrogens is 2. The van der Waals surface area contributed by atoms with Gasteiger partial charge in [-0.25, -0.2) is 14.8 Å². The maximum Gasteiger partial charge on any atom is 0.407 e. The predicted octanol–water partition coefficient (Wildman–Crippen LogP) is 2.62. The number of ether oxygens (including phenoxy) is 1. The zero-order valence-corrected chi connectivity index (χ0v) is 13.4. The van der Waals surface area contributed by atoms with Crippen LogP contribution in [-0.4, -0.2) is 40.8 Å². The number of nitrogens with zero attached hydrogens (tertiary/aromatic N) is 3. The third-order valence-electron chi connectivity index (χ3n) is 3.03. The Hall–Kier alpha value is -1.56. The summed E-state index contributed by atoms with van der Waals surface area (Å²) in [5.41, 5.74) is -0.492. The van der Waals surface area contributed by atoms with Crippen molar-refractivity contribution in [2.24, 2.45) is 0 Å². The second kappa shape index (κ2) is 6.47. The Labute approximate surface area is 129 Å². The monoisotopic (exact) mass is 312 g/mol. The number of nitrogens with one attached hydrogen (secondary N) is 1. The van der Waals surface area contributed by atoms with E-state index in [2.05, 4.69) is 15.3 Å². The summed E-state index contributed by atoms with van der Waals surface area (Å²) in [6, 6.07) is 1.67. The van der Waals surface area contributed by atoms with E-state index < -0.39 is 5.60 Å². The molecule has 0 radical (unpaired) electrons. The average molecular weight is 313 g/mol. The summed E-state index contributed by atoms with van der Waals surface area (Å²) in [5.74, 6) is 0.596. The first kappa shape index (κ1) is 15.8. The van der Waals surface area contributed by atoms with Crippen LogP contribution in [0.2, 0.25) is 5.15 Å². The Bertz CT molecular complexity index is 504. The minimum absolute atomic E-state index is 0.0242. The predicted molar refractivity (Wildman–Crippen MR) is 81.6 cm³/mol. The first-order chi connectivity index (χ1) is 9.83. The topological polar surface area (TPSA) is 67.3 Å². The van der Waals surface area contributed by atoms with Crippen LogP contribution in [0.15, 0.2) is 12.3 Å². The van der Waals surface area contributed by atoms with Gasteiger partial charge in [-0.05, 0) is 39.7 Å². The van der Waals surface area contributed by atoms with Gasteiger partial charge in [-0.15, -0.1) is 0 Å². The molecule has 0 spiro atoms. The molecule has 0 saturated carbocycles. The van der Waals surface area contributed by atoms with Gasteiger partial charge in [-0.3, -0.25) is 0 Å². The molecule has 2 heterocycles. The van der Waals surface area contributed by atoms with Gasteiger partial charge in [0, 0.05) is 25.3 Å². The Morgan fingerprint density at radius 1 is 1.52 bits per heavy atom. The molecular formula is C14H21ClN4O2. The van der Waals surface area contributed by atoms with Crippen molar-refractivity contribution < 1.29 is 9.53 Å². The largest absolute Gasteiger partial charge is 0.444 e. The number of halogens is 1. The van der Waals surface area contributed by atoms with Crippen molar-refractivity contribution in [2.75, 3.05) is 18.0 Å². The molecular weight excluding hydrogens is 292 g/mol. The second-order valence-corrected chi connectivity index (χ2v) is 6.50. The van der Waals surface area contributed by atoms with Crippen molar-refractivity contribution in [3.8, 4) is 0 Å². The van der Waals surface area contributed by atoms with E-state index in [-0.39, 0.29) is 12.1 Å². The zero-order chi connectivity index (χ0) is 15.5. The van der Waals surface area contributed by atoms with Gasteiger partial charge in [0.2, 0.25) is 5.95 Å². The first-order valence-corrected chi connectivity index (χ1v) is 7.44. The molecule has 1 atom stereocenters. The van der Waals surface area contributed by atoms with Crippen LogP contribution in [-0.2, 0) is 4.74 Å². The molecule has 1 aromatic rings. The summed E-state index contributed by atoms with van der Waals surface area (Å²) in [6.45, 7) is 7.05. The highest BCUT2D eigenvalue weighted by molar-refractivity contribution is 6.29. The van der Waals surface area contributed by atoms with E-state index in [1.54, 1.807) is 12.3 Å². The molecule has 1 saturated heterocycles. The summed E-state index contributed by atoms with van der Waals surface area (Å²) in [4.78, 5) is 22.3. The van der Waals surface area contributed by atoms with E-state index in [9.17, 15) is 4.79 Å². The number of carbonyl (C=O) groups is 1. The number of carbonyl (C=O) groups excluding carboxylic acids is 1. The minimum atomic E-state index is -0.492. The van der Waals surface area contributed by atoms with Gasteiger partial charge in [0.25, 0.3) is 0 Å². The van der Waals surface area contributed by atoms with Gasteiger partial charge in [0.15, 0.2) is 0 Å². The van der Waals surface area contributed by atoms with Crippen molar-refractivity contribution in [3.63, 3.8) is 0 Å². The van der Waals surface area contributed by atoms with E-state index in [4.69, 9.17) is 16.3 Å². The van der Waals surface area contributed by atoms with E-state index in [1.165, 1.54) is 0 Å². The summed E-state index contributed by atoms with van der Waals surface area (Å²) < 4.78 is 5.28. The summed E-state index contributed by atoms with van der Waals surface area (Å²) in [7, 11) is 0. The first-order valence-electron chi connectivity index (χ1n) is 7.06. The molecule has 0 aliphatic carbocycles. The molecule has 1 fully saturated rings. The molecule has 7 heteroatoms. The summed E-state index contributed by atoms with van der Waals surface area (Å²) in [6.07, 6.45) is 3.11. The lowest BCUT2D eigenvalue weighted by molar-refractivity contribution is 0.0500. The van der Waals surface area contributed by atoms with Crippen LogP contribution in [0.5, 0.6) is 0 Å². The third-order valence-corrected chi connectivity index (χ3v) is 3.24. The molecule has 1 aliphatic rings. The average Bonchev–Trinajstić information content (AvgIpc) is 2.36. The van der Waals surface area contributed by atoms with Crippen LogP contribution in [0, 0.1) is 0 Å². The van der Waals surface area contributed by atoms with Crippen molar-refractivity contribution in [1.82, 2.24) is 15.3 Å². The molecule has 0 bridgehead atoms. The van der Waals surface area contributed by atoms with Gasteiger partial charge < -0.3 is 15.0 Å². The number of hydrogen-bond acceptors (Lipinski definition) is 5. The number of alkyl carbamates (subject to hydrolysis) is 1. The summed E-state index contributed by atoms with van der Waals surface area (Å²) >= 11 is 5.89. The highest BCUT2D eigenvalue weighted by Gasteiger charge is 2.25. The smallest absolute Gasteiger partial charge is 0.407 e. The fourth-order valence-electron chi connectivity index (χ4n) is 2.23. The van der Waals surface area contributed by atoms with E-state index in [1.807, 2.05) is 25.7 Å². The highest BCUT2D eigenvalue weighted by Crippen LogP contribution is 2.18. The fraction of sp³-hybridized carbons (Fsp3) is 0.643.